The van der Waals surface area contributed by atoms with E-state index in [1.807, 2.05) is 11.9 Å². The van der Waals surface area contributed by atoms with Crippen molar-refractivity contribution >= 4 is 12.2 Å². The second kappa shape index (κ2) is 10.5. The van der Waals surface area contributed by atoms with Gasteiger partial charge in [0.1, 0.15) is 6.61 Å². The first-order valence-corrected chi connectivity index (χ1v) is 9.50. The maximum Gasteiger partial charge on any atom is 0.333 e. The first-order chi connectivity index (χ1) is 13.9. The fraction of sp³-hybridized carbons (Fsp3) is 0.600. The highest BCUT2D eigenvalue weighted by Crippen LogP contribution is 2.38. The first-order valence-electron chi connectivity index (χ1n) is 9.50. The zero-order chi connectivity index (χ0) is 21.4. The Morgan fingerprint density at radius 2 is 1.86 bits per heavy atom. The summed E-state index contributed by atoms with van der Waals surface area (Å²) in [6.45, 7) is 2.06. The predicted molar refractivity (Wildman–Crippen MR) is 105 cm³/mol. The summed E-state index contributed by atoms with van der Waals surface area (Å²) >= 11 is 0. The van der Waals surface area contributed by atoms with Gasteiger partial charge in [0.25, 0.3) is 0 Å². The van der Waals surface area contributed by atoms with Crippen LogP contribution in [0.5, 0.6) is 5.75 Å². The van der Waals surface area contributed by atoms with E-state index in [1.165, 1.54) is 30.5 Å². The maximum atomic E-state index is 14.4. The van der Waals surface area contributed by atoms with Gasteiger partial charge in [-0.1, -0.05) is 0 Å². The van der Waals surface area contributed by atoms with Gasteiger partial charge in [-0.05, 0) is 38.4 Å². The number of rotatable bonds is 11. The highest BCUT2D eigenvalue weighted by Gasteiger charge is 2.49. The normalized spacial score (nSPS) is 15.4. The number of hydrazone groups is 1. The molecule has 1 aromatic rings. The number of hydrogen-bond acceptors (Lipinski definition) is 7. The number of likely N-dealkylation sites (N-methyl/N-ethyl adjacent to an activating group) is 2. The zero-order valence-corrected chi connectivity index (χ0v) is 17.4. The molecule has 0 radical (unpaired) electrons. The summed E-state index contributed by atoms with van der Waals surface area (Å²) in [6, 6.07) is 2.76. The predicted octanol–water partition coefficient (Wildman–Crippen LogP) is 2.28. The summed E-state index contributed by atoms with van der Waals surface area (Å²) in [4.78, 5) is 14.0. The van der Waals surface area contributed by atoms with Gasteiger partial charge in [-0.2, -0.15) is 9.49 Å². The molecule has 0 N–H and O–H groups in total. The van der Waals surface area contributed by atoms with Crippen molar-refractivity contribution in [1.82, 2.24) is 9.91 Å². The van der Waals surface area contributed by atoms with Crippen LogP contribution >= 0.6 is 0 Å². The smallest absolute Gasteiger partial charge is 0.333 e. The summed E-state index contributed by atoms with van der Waals surface area (Å²) in [7, 11) is 6.45. The van der Waals surface area contributed by atoms with Gasteiger partial charge in [-0.25, -0.2) is 9.18 Å². The first kappa shape index (κ1) is 23.0. The van der Waals surface area contributed by atoms with E-state index in [1.54, 1.807) is 14.2 Å². The maximum absolute atomic E-state index is 14.4. The Kier molecular flexibility index (Phi) is 8.33. The van der Waals surface area contributed by atoms with Crippen molar-refractivity contribution in [3.63, 3.8) is 0 Å². The fourth-order valence-corrected chi connectivity index (χ4v) is 3.05. The molecule has 2 rings (SSSR count). The summed E-state index contributed by atoms with van der Waals surface area (Å²) in [5.41, 5.74) is -0.865. The number of carbonyl (C=O) groups excluding carboxylic acids is 1. The van der Waals surface area contributed by atoms with Crippen LogP contribution in [-0.4, -0.2) is 82.2 Å². The Balaban J connectivity index is 2.00. The van der Waals surface area contributed by atoms with Crippen LogP contribution in [0.25, 0.3) is 0 Å². The molecule has 0 heterocycles. The van der Waals surface area contributed by atoms with E-state index in [0.717, 1.165) is 6.42 Å². The third-order valence-corrected chi connectivity index (χ3v) is 5.22. The van der Waals surface area contributed by atoms with E-state index in [-0.39, 0.29) is 23.9 Å². The van der Waals surface area contributed by atoms with Gasteiger partial charge >= 0.3 is 5.97 Å². The lowest BCUT2D eigenvalue weighted by atomic mass is 9.76. The second-order valence-corrected chi connectivity index (χ2v) is 7.07. The average Bonchev–Trinajstić information content (AvgIpc) is 2.67. The number of methoxy groups -OCH3 is 2. The lowest BCUT2D eigenvalue weighted by Crippen LogP contribution is -2.56. The molecule has 1 aliphatic rings. The molecule has 1 saturated carbocycles. The Bertz CT molecular complexity index is 726. The van der Waals surface area contributed by atoms with E-state index in [2.05, 4.69) is 5.10 Å². The Morgan fingerprint density at radius 3 is 2.45 bits per heavy atom. The molecule has 29 heavy (non-hydrogen) atoms. The minimum Gasteiger partial charge on any atom is -0.489 e. The van der Waals surface area contributed by atoms with Crippen LogP contribution < -0.4 is 4.74 Å². The molecule has 0 amide bonds. The van der Waals surface area contributed by atoms with Crippen molar-refractivity contribution in [3.05, 3.63) is 29.3 Å². The topological polar surface area (TPSA) is 63.6 Å². The molecule has 162 valence electrons. The molecule has 0 unspecified atom stereocenters. The van der Waals surface area contributed by atoms with Gasteiger partial charge in [0.2, 0.25) is 5.82 Å². The van der Waals surface area contributed by atoms with Crippen molar-refractivity contribution < 1.29 is 27.8 Å². The summed E-state index contributed by atoms with van der Waals surface area (Å²) < 4.78 is 43.9. The van der Waals surface area contributed by atoms with Crippen LogP contribution in [0.3, 0.4) is 0 Å². The van der Waals surface area contributed by atoms with E-state index in [0.29, 0.717) is 32.5 Å². The number of benzene rings is 1. The molecule has 0 spiro atoms. The summed E-state index contributed by atoms with van der Waals surface area (Å²) in [6.07, 6.45) is 3.29. The minimum atomic E-state index is -1.07. The van der Waals surface area contributed by atoms with E-state index in [4.69, 9.17) is 14.2 Å². The highest BCUT2D eigenvalue weighted by molar-refractivity contribution is 5.83. The second-order valence-electron chi connectivity index (χ2n) is 7.07. The highest BCUT2D eigenvalue weighted by atomic mass is 19.2. The van der Waals surface area contributed by atoms with Crippen molar-refractivity contribution in [1.29, 1.82) is 0 Å². The molecular weight excluding hydrogens is 384 g/mol. The van der Waals surface area contributed by atoms with Crippen molar-refractivity contribution in [2.75, 3.05) is 54.6 Å². The molecule has 0 bridgehead atoms. The number of nitrogens with zero attached hydrogens (tertiary/aromatic N) is 3. The van der Waals surface area contributed by atoms with Gasteiger partial charge in [0.05, 0.1) is 19.9 Å². The summed E-state index contributed by atoms with van der Waals surface area (Å²) in [5, 5.41) is 5.60. The molecule has 1 aliphatic carbocycles. The van der Waals surface area contributed by atoms with Gasteiger partial charge in [0, 0.05) is 32.8 Å². The van der Waals surface area contributed by atoms with E-state index < -0.39 is 17.2 Å². The Hall–Kier alpha value is -2.26. The largest absolute Gasteiger partial charge is 0.489 e. The van der Waals surface area contributed by atoms with Crippen molar-refractivity contribution in [2.24, 2.45) is 5.10 Å². The monoisotopic (exact) mass is 413 g/mol. The lowest BCUT2D eigenvalue weighted by molar-refractivity contribution is -0.160. The Morgan fingerprint density at radius 1 is 1.17 bits per heavy atom. The summed E-state index contributed by atoms with van der Waals surface area (Å²) in [5.74, 6) is -2.65. The molecule has 1 aromatic carbocycles. The molecule has 0 aromatic heterocycles. The van der Waals surface area contributed by atoms with E-state index in [9.17, 15) is 13.6 Å². The minimum absolute atomic E-state index is 0.0294. The van der Waals surface area contributed by atoms with Gasteiger partial charge in [-0.15, -0.1) is 0 Å². The third kappa shape index (κ3) is 5.42. The average molecular weight is 413 g/mol. The van der Waals surface area contributed by atoms with Crippen LogP contribution in [0, 0.1) is 11.6 Å². The molecule has 0 atom stereocenters. The number of halogens is 2. The van der Waals surface area contributed by atoms with Crippen LogP contribution in [0.15, 0.2) is 17.2 Å². The molecule has 0 aliphatic heterocycles. The number of ether oxygens (including phenoxy) is 3. The third-order valence-electron chi connectivity index (χ3n) is 5.22. The van der Waals surface area contributed by atoms with Crippen LogP contribution in [0.4, 0.5) is 8.78 Å². The van der Waals surface area contributed by atoms with Gasteiger partial charge in [-0.3, -0.25) is 5.01 Å². The SMILES string of the molecule is COCCN(C)CCOc1ccc(/C=N\N(C)C2(C(=O)OC)CCC2)c(F)c1F. The number of hydrogen-bond donors (Lipinski definition) is 0. The molecular formula is C20H29F2N3O4. The van der Waals surface area contributed by atoms with E-state index >= 15 is 0 Å². The zero-order valence-electron chi connectivity index (χ0n) is 17.4. The van der Waals surface area contributed by atoms with Crippen molar-refractivity contribution in [2.45, 2.75) is 24.8 Å². The number of carbonyl (C=O) groups is 1. The lowest BCUT2D eigenvalue weighted by Gasteiger charge is -2.44. The molecule has 0 saturated heterocycles. The van der Waals surface area contributed by atoms with Crippen molar-refractivity contribution in [3.8, 4) is 5.75 Å². The van der Waals surface area contributed by atoms with Crippen LogP contribution in [0.1, 0.15) is 24.8 Å². The van der Waals surface area contributed by atoms with Crippen LogP contribution in [-0.2, 0) is 14.3 Å². The molecule has 9 heteroatoms. The van der Waals surface area contributed by atoms with Gasteiger partial charge in [0.15, 0.2) is 17.1 Å². The standard InChI is InChI=1S/C20H29F2N3O4/c1-24(10-12-27-3)11-13-29-16-7-6-15(17(21)18(16)22)14-23-25(2)20(8-5-9-20)19(26)28-4/h6-7,14H,5,8-13H2,1-4H3/b23-14-. The van der Waals surface area contributed by atoms with Crippen LogP contribution in [0.2, 0.25) is 0 Å². The molecule has 1 fully saturated rings. The number of esters is 1. The fourth-order valence-electron chi connectivity index (χ4n) is 3.05. The Labute approximate surface area is 170 Å². The molecule has 7 nitrogen and oxygen atoms in total. The quantitative estimate of drug-likeness (QED) is 0.315. The van der Waals surface area contributed by atoms with Gasteiger partial charge < -0.3 is 19.1 Å².